The van der Waals surface area contributed by atoms with Gasteiger partial charge in [-0.15, -0.1) is 5.10 Å². The van der Waals surface area contributed by atoms with Crippen LogP contribution in [0.1, 0.15) is 5.56 Å². The first-order chi connectivity index (χ1) is 8.76. The summed E-state index contributed by atoms with van der Waals surface area (Å²) in [6, 6.07) is 11.8. The van der Waals surface area contributed by atoms with Gasteiger partial charge in [0.25, 0.3) is 0 Å². The number of hydrogen-bond acceptors (Lipinski definition) is 3. The maximum atomic E-state index is 5.64. The largest absolute Gasteiger partial charge is 0.326 e. The van der Waals surface area contributed by atoms with Crippen molar-refractivity contribution in [1.29, 1.82) is 0 Å². The van der Waals surface area contributed by atoms with Gasteiger partial charge in [0.15, 0.2) is 11.5 Å². The molecule has 0 aliphatic rings. The SMILES string of the molecule is NCc1cccc(-c2nc3cc(Br)ccn3n2)c1. The van der Waals surface area contributed by atoms with Crippen LogP contribution in [0.5, 0.6) is 0 Å². The Morgan fingerprint density at radius 3 is 2.94 bits per heavy atom. The smallest absolute Gasteiger partial charge is 0.182 e. The normalized spacial score (nSPS) is 11.0. The third kappa shape index (κ3) is 2.02. The van der Waals surface area contributed by atoms with Crippen molar-refractivity contribution in [1.82, 2.24) is 14.6 Å². The molecule has 18 heavy (non-hydrogen) atoms. The van der Waals surface area contributed by atoms with Crippen LogP contribution in [0.4, 0.5) is 0 Å². The zero-order valence-electron chi connectivity index (χ0n) is 9.55. The molecule has 0 aliphatic heterocycles. The standard InChI is InChI=1S/C13H11BrN4/c14-11-4-5-18-12(7-11)16-13(17-18)10-3-1-2-9(6-10)8-15/h1-7H,8,15H2. The molecule has 0 bridgehead atoms. The van der Waals surface area contributed by atoms with Crippen molar-refractivity contribution in [2.24, 2.45) is 5.73 Å². The molecule has 4 nitrogen and oxygen atoms in total. The van der Waals surface area contributed by atoms with Gasteiger partial charge in [0, 0.05) is 22.8 Å². The van der Waals surface area contributed by atoms with Crippen molar-refractivity contribution in [2.45, 2.75) is 6.54 Å². The van der Waals surface area contributed by atoms with Crippen molar-refractivity contribution in [2.75, 3.05) is 0 Å². The Morgan fingerprint density at radius 2 is 2.11 bits per heavy atom. The molecule has 0 fully saturated rings. The fourth-order valence-electron chi connectivity index (χ4n) is 1.82. The van der Waals surface area contributed by atoms with E-state index in [1.807, 2.05) is 42.6 Å². The summed E-state index contributed by atoms with van der Waals surface area (Å²) in [4.78, 5) is 4.50. The van der Waals surface area contributed by atoms with Crippen LogP contribution in [0.25, 0.3) is 17.0 Å². The van der Waals surface area contributed by atoms with Crippen LogP contribution in [0.15, 0.2) is 47.1 Å². The summed E-state index contributed by atoms with van der Waals surface area (Å²) in [5, 5.41) is 4.44. The Kier molecular flexibility index (Phi) is 2.85. The minimum absolute atomic E-state index is 0.521. The Labute approximate surface area is 113 Å². The van der Waals surface area contributed by atoms with Gasteiger partial charge in [-0.25, -0.2) is 9.50 Å². The summed E-state index contributed by atoms with van der Waals surface area (Å²) < 4.78 is 2.75. The van der Waals surface area contributed by atoms with Crippen LogP contribution >= 0.6 is 15.9 Å². The molecule has 5 heteroatoms. The molecule has 0 spiro atoms. The number of aromatic nitrogens is 3. The lowest BCUT2D eigenvalue weighted by atomic mass is 10.1. The molecule has 0 atom stereocenters. The highest BCUT2D eigenvalue weighted by Gasteiger charge is 2.06. The van der Waals surface area contributed by atoms with E-state index in [2.05, 4.69) is 26.0 Å². The van der Waals surface area contributed by atoms with Crippen molar-refractivity contribution in [3.05, 3.63) is 52.6 Å². The molecule has 0 aliphatic carbocycles. The van der Waals surface area contributed by atoms with Gasteiger partial charge < -0.3 is 5.73 Å². The average Bonchev–Trinajstić information content (AvgIpc) is 2.81. The molecule has 3 aromatic rings. The molecule has 1 aromatic carbocycles. The van der Waals surface area contributed by atoms with Gasteiger partial charge >= 0.3 is 0 Å². The molecular weight excluding hydrogens is 292 g/mol. The third-order valence-electron chi connectivity index (χ3n) is 2.72. The highest BCUT2D eigenvalue weighted by atomic mass is 79.9. The van der Waals surface area contributed by atoms with E-state index in [1.54, 1.807) is 4.52 Å². The molecule has 2 aromatic heterocycles. The molecule has 90 valence electrons. The molecular formula is C13H11BrN4. The molecule has 0 saturated carbocycles. The maximum Gasteiger partial charge on any atom is 0.182 e. The molecule has 0 amide bonds. The summed E-state index contributed by atoms with van der Waals surface area (Å²) in [6.45, 7) is 0.521. The highest BCUT2D eigenvalue weighted by Crippen LogP contribution is 2.19. The van der Waals surface area contributed by atoms with E-state index < -0.39 is 0 Å². The molecule has 0 unspecified atom stereocenters. The number of fused-ring (bicyclic) bond motifs is 1. The summed E-state index contributed by atoms with van der Waals surface area (Å²) >= 11 is 3.42. The van der Waals surface area contributed by atoms with Gasteiger partial charge in [-0.1, -0.05) is 34.1 Å². The van der Waals surface area contributed by atoms with Gasteiger partial charge in [0.1, 0.15) is 0 Å². The highest BCUT2D eigenvalue weighted by molar-refractivity contribution is 9.10. The molecule has 0 radical (unpaired) electrons. The van der Waals surface area contributed by atoms with Crippen molar-refractivity contribution in [3.63, 3.8) is 0 Å². The Balaban J connectivity index is 2.13. The van der Waals surface area contributed by atoms with E-state index in [-0.39, 0.29) is 0 Å². The zero-order valence-corrected chi connectivity index (χ0v) is 11.1. The van der Waals surface area contributed by atoms with Crippen LogP contribution < -0.4 is 5.73 Å². The lowest BCUT2D eigenvalue weighted by molar-refractivity contribution is 0.963. The van der Waals surface area contributed by atoms with E-state index >= 15 is 0 Å². The number of rotatable bonds is 2. The third-order valence-corrected chi connectivity index (χ3v) is 3.21. The molecule has 3 rings (SSSR count). The van der Waals surface area contributed by atoms with E-state index in [4.69, 9.17) is 5.73 Å². The quantitative estimate of drug-likeness (QED) is 0.792. The molecule has 2 N–H and O–H groups in total. The number of pyridine rings is 1. The van der Waals surface area contributed by atoms with E-state index in [0.29, 0.717) is 12.4 Å². The minimum atomic E-state index is 0.521. The lowest BCUT2D eigenvalue weighted by Gasteiger charge is -1.98. The van der Waals surface area contributed by atoms with Crippen LogP contribution in [-0.2, 0) is 6.54 Å². The summed E-state index contributed by atoms with van der Waals surface area (Å²) in [5.41, 5.74) is 8.52. The van der Waals surface area contributed by atoms with Crippen molar-refractivity contribution < 1.29 is 0 Å². The second kappa shape index (κ2) is 4.51. The fourth-order valence-corrected chi connectivity index (χ4v) is 2.14. The Hall–Kier alpha value is -1.72. The lowest BCUT2D eigenvalue weighted by Crippen LogP contribution is -1.96. The fraction of sp³-hybridized carbons (Fsp3) is 0.0769. The van der Waals surface area contributed by atoms with Crippen LogP contribution in [-0.4, -0.2) is 14.6 Å². The monoisotopic (exact) mass is 302 g/mol. The van der Waals surface area contributed by atoms with Gasteiger partial charge in [0.05, 0.1) is 0 Å². The number of benzene rings is 1. The second-order valence-corrected chi connectivity index (χ2v) is 4.90. The minimum Gasteiger partial charge on any atom is -0.326 e. The van der Waals surface area contributed by atoms with Crippen LogP contribution in [0, 0.1) is 0 Å². The number of hydrogen-bond donors (Lipinski definition) is 1. The predicted molar refractivity (Wildman–Crippen MR) is 74.0 cm³/mol. The zero-order chi connectivity index (χ0) is 12.5. The Bertz CT molecular complexity index is 705. The van der Waals surface area contributed by atoms with Gasteiger partial charge in [-0.05, 0) is 23.8 Å². The Morgan fingerprint density at radius 1 is 1.22 bits per heavy atom. The first-order valence-corrected chi connectivity index (χ1v) is 6.37. The van der Waals surface area contributed by atoms with Gasteiger partial charge in [0.2, 0.25) is 0 Å². The summed E-state index contributed by atoms with van der Waals surface area (Å²) in [5.74, 6) is 0.711. The summed E-state index contributed by atoms with van der Waals surface area (Å²) in [7, 11) is 0. The second-order valence-electron chi connectivity index (χ2n) is 3.99. The van der Waals surface area contributed by atoms with E-state index in [1.165, 1.54) is 0 Å². The molecule has 2 heterocycles. The van der Waals surface area contributed by atoms with Crippen molar-refractivity contribution >= 4 is 21.6 Å². The topological polar surface area (TPSA) is 56.2 Å². The number of halogens is 1. The van der Waals surface area contributed by atoms with E-state index in [0.717, 1.165) is 21.2 Å². The summed E-state index contributed by atoms with van der Waals surface area (Å²) in [6.07, 6.45) is 1.88. The van der Waals surface area contributed by atoms with Gasteiger partial charge in [-0.2, -0.15) is 0 Å². The first kappa shape index (κ1) is 11.4. The van der Waals surface area contributed by atoms with Gasteiger partial charge in [-0.3, -0.25) is 0 Å². The van der Waals surface area contributed by atoms with E-state index in [9.17, 15) is 0 Å². The van der Waals surface area contributed by atoms with Crippen molar-refractivity contribution in [3.8, 4) is 11.4 Å². The average molecular weight is 303 g/mol. The number of nitrogens with two attached hydrogens (primary N) is 1. The van der Waals surface area contributed by atoms with Crippen LogP contribution in [0.3, 0.4) is 0 Å². The maximum absolute atomic E-state index is 5.64. The molecule has 0 saturated heterocycles. The van der Waals surface area contributed by atoms with Crippen LogP contribution in [0.2, 0.25) is 0 Å². The predicted octanol–water partition coefficient (Wildman–Crippen LogP) is 2.62. The first-order valence-electron chi connectivity index (χ1n) is 5.57. The number of nitrogens with zero attached hydrogens (tertiary/aromatic N) is 3.